The Morgan fingerprint density at radius 1 is 1.25 bits per heavy atom. The molecule has 0 atom stereocenters. The summed E-state index contributed by atoms with van der Waals surface area (Å²) in [5.74, 6) is -0.0365. The number of aliphatic imine (C=N–C) groups is 1. The zero-order chi connectivity index (χ0) is 18.2. The van der Waals surface area contributed by atoms with Gasteiger partial charge in [-0.3, -0.25) is 4.99 Å². The molecule has 0 unspecified atom stereocenters. The summed E-state index contributed by atoms with van der Waals surface area (Å²) in [5, 5.41) is 5.61. The van der Waals surface area contributed by atoms with E-state index < -0.39 is 16.2 Å². The molecule has 10 heteroatoms. The summed E-state index contributed by atoms with van der Waals surface area (Å²) < 4.78 is 63.9. The van der Waals surface area contributed by atoms with Crippen molar-refractivity contribution in [2.24, 2.45) is 4.99 Å². The Hall–Kier alpha value is -1.97. The number of halogens is 3. The molecule has 0 aromatic heterocycles. The average molecular weight is 367 g/mol. The Bertz CT molecular complexity index is 661. The van der Waals surface area contributed by atoms with Gasteiger partial charge in [0, 0.05) is 31.5 Å². The van der Waals surface area contributed by atoms with E-state index in [9.17, 15) is 21.6 Å². The van der Waals surface area contributed by atoms with Crippen molar-refractivity contribution in [3.63, 3.8) is 0 Å². The smallest absolute Gasteiger partial charge is 0.405 e. The molecule has 1 aromatic carbocycles. The van der Waals surface area contributed by atoms with Crippen LogP contribution < -0.4 is 15.4 Å². The molecule has 0 aliphatic carbocycles. The third-order valence-electron chi connectivity index (χ3n) is 3.01. The number of ether oxygens (including phenoxy) is 1. The van der Waals surface area contributed by atoms with Gasteiger partial charge in [0.2, 0.25) is 0 Å². The monoisotopic (exact) mass is 367 g/mol. The van der Waals surface area contributed by atoms with E-state index in [0.717, 1.165) is 0 Å². The van der Waals surface area contributed by atoms with Crippen LogP contribution in [-0.4, -0.2) is 45.8 Å². The number of rotatable bonds is 7. The molecule has 0 aliphatic heterocycles. The minimum atomic E-state index is -4.77. The number of hydrogen-bond acceptors (Lipinski definition) is 4. The topological polar surface area (TPSA) is 79.8 Å². The van der Waals surface area contributed by atoms with E-state index in [0.29, 0.717) is 5.56 Å². The second kappa shape index (κ2) is 8.76. The summed E-state index contributed by atoms with van der Waals surface area (Å²) in [4.78, 5) is 3.89. The molecule has 1 aromatic rings. The Balaban J connectivity index is 2.61. The van der Waals surface area contributed by atoms with Gasteiger partial charge in [0.25, 0.3) is 0 Å². The lowest BCUT2D eigenvalue weighted by Crippen LogP contribution is -2.39. The summed E-state index contributed by atoms with van der Waals surface area (Å²) in [7, 11) is -1.63. The summed E-state index contributed by atoms with van der Waals surface area (Å²) in [6, 6.07) is 5.73. The number of para-hydroxylation sites is 1. The maximum absolute atomic E-state index is 12.4. The van der Waals surface area contributed by atoms with Crippen molar-refractivity contribution in [2.45, 2.75) is 19.8 Å². The lowest BCUT2D eigenvalue weighted by atomic mass is 10.2. The second-order valence-corrected chi connectivity index (χ2v) is 7.22. The van der Waals surface area contributed by atoms with Crippen LogP contribution in [0.25, 0.3) is 0 Å². The Morgan fingerprint density at radius 2 is 1.92 bits per heavy atom. The molecular weight excluding hydrogens is 347 g/mol. The number of guanidine groups is 1. The van der Waals surface area contributed by atoms with Crippen molar-refractivity contribution in [3.8, 4) is 5.75 Å². The van der Waals surface area contributed by atoms with Gasteiger partial charge in [-0.2, -0.15) is 0 Å². The number of sulfone groups is 1. The fourth-order valence-electron chi connectivity index (χ4n) is 1.74. The summed E-state index contributed by atoms with van der Waals surface area (Å²) in [5.41, 5.74) is 0.291. The molecule has 0 radical (unpaired) electrons. The Kier molecular flexibility index (Phi) is 7.33. The van der Waals surface area contributed by atoms with Crippen molar-refractivity contribution < 1.29 is 26.3 Å². The van der Waals surface area contributed by atoms with Gasteiger partial charge < -0.3 is 15.4 Å². The van der Waals surface area contributed by atoms with Crippen molar-refractivity contribution in [3.05, 3.63) is 29.8 Å². The first kappa shape index (κ1) is 20.1. The summed E-state index contributed by atoms with van der Waals surface area (Å²) >= 11 is 0. The number of hydrogen-bond donors (Lipinski definition) is 2. The largest absolute Gasteiger partial charge is 0.573 e. The van der Waals surface area contributed by atoms with Crippen LogP contribution in [0.4, 0.5) is 13.2 Å². The third kappa shape index (κ3) is 7.53. The number of alkyl halides is 3. The number of nitrogens with one attached hydrogen (secondary N) is 2. The van der Waals surface area contributed by atoms with Crippen molar-refractivity contribution in [2.75, 3.05) is 25.1 Å². The highest BCUT2D eigenvalue weighted by Crippen LogP contribution is 2.25. The minimum absolute atomic E-state index is 0.0342. The zero-order valence-electron chi connectivity index (χ0n) is 13.4. The predicted octanol–water partition coefficient (Wildman–Crippen LogP) is 1.68. The van der Waals surface area contributed by atoms with Crippen LogP contribution in [0, 0.1) is 0 Å². The highest BCUT2D eigenvalue weighted by molar-refractivity contribution is 7.91. The molecule has 6 nitrogen and oxygen atoms in total. The van der Waals surface area contributed by atoms with Gasteiger partial charge >= 0.3 is 6.36 Å². The van der Waals surface area contributed by atoms with Crippen LogP contribution in [0.3, 0.4) is 0 Å². The van der Waals surface area contributed by atoms with E-state index in [2.05, 4.69) is 20.4 Å². The summed E-state index contributed by atoms with van der Waals surface area (Å²) in [6.45, 7) is 1.74. The molecule has 0 saturated carbocycles. The van der Waals surface area contributed by atoms with E-state index in [1.807, 2.05) is 0 Å². The van der Waals surface area contributed by atoms with Crippen LogP contribution >= 0.6 is 0 Å². The maximum Gasteiger partial charge on any atom is 0.573 e. The molecule has 0 fully saturated rings. The first-order valence-electron chi connectivity index (χ1n) is 7.15. The molecule has 0 heterocycles. The molecule has 2 N–H and O–H groups in total. The molecule has 0 saturated heterocycles. The van der Waals surface area contributed by atoms with Crippen LogP contribution in [0.2, 0.25) is 0 Å². The highest BCUT2D eigenvalue weighted by atomic mass is 32.2. The lowest BCUT2D eigenvalue weighted by Gasteiger charge is -2.15. The van der Waals surface area contributed by atoms with Gasteiger partial charge in [-0.05, 0) is 6.07 Å². The second-order valence-electron chi connectivity index (χ2n) is 4.74. The molecule has 24 heavy (non-hydrogen) atoms. The molecule has 0 spiro atoms. The van der Waals surface area contributed by atoms with Gasteiger partial charge in [-0.15, -0.1) is 13.2 Å². The molecule has 1 rings (SSSR count). The van der Waals surface area contributed by atoms with Crippen molar-refractivity contribution in [1.29, 1.82) is 0 Å². The van der Waals surface area contributed by atoms with E-state index in [-0.39, 0.29) is 36.3 Å². The molecule has 0 aliphatic rings. The van der Waals surface area contributed by atoms with Gasteiger partial charge in [0.05, 0.1) is 5.75 Å². The SMILES string of the molecule is CCS(=O)(=O)CCNC(=NC)NCc1ccccc1OC(F)(F)F. The maximum atomic E-state index is 12.4. The van der Waals surface area contributed by atoms with Gasteiger partial charge in [-0.1, -0.05) is 25.1 Å². The number of nitrogens with zero attached hydrogens (tertiary/aromatic N) is 1. The van der Waals surface area contributed by atoms with Crippen LogP contribution in [0.5, 0.6) is 5.75 Å². The molecule has 0 bridgehead atoms. The fourth-order valence-corrected chi connectivity index (χ4v) is 2.44. The van der Waals surface area contributed by atoms with Crippen LogP contribution in [0.15, 0.2) is 29.3 Å². The Morgan fingerprint density at radius 3 is 2.50 bits per heavy atom. The first-order valence-corrected chi connectivity index (χ1v) is 8.97. The van der Waals surface area contributed by atoms with E-state index in [4.69, 9.17) is 0 Å². The van der Waals surface area contributed by atoms with Crippen molar-refractivity contribution >= 4 is 15.8 Å². The molecule has 136 valence electrons. The van der Waals surface area contributed by atoms with E-state index >= 15 is 0 Å². The van der Waals surface area contributed by atoms with Crippen LogP contribution in [-0.2, 0) is 16.4 Å². The zero-order valence-corrected chi connectivity index (χ0v) is 14.2. The van der Waals surface area contributed by atoms with Gasteiger partial charge in [-0.25, -0.2) is 8.42 Å². The third-order valence-corrected chi connectivity index (χ3v) is 4.72. The summed E-state index contributed by atoms with van der Waals surface area (Å²) in [6.07, 6.45) is -4.77. The Labute approximate surface area is 139 Å². The standard InChI is InChI=1S/C14H20F3N3O3S/c1-3-24(21,22)9-8-19-13(18-2)20-10-11-6-4-5-7-12(11)23-14(15,16)17/h4-7H,3,8-10H2,1-2H3,(H2,18,19,20). The van der Waals surface area contributed by atoms with Crippen LogP contribution in [0.1, 0.15) is 12.5 Å². The highest BCUT2D eigenvalue weighted by Gasteiger charge is 2.31. The van der Waals surface area contributed by atoms with Gasteiger partial charge in [0.1, 0.15) is 5.75 Å². The minimum Gasteiger partial charge on any atom is -0.405 e. The van der Waals surface area contributed by atoms with Crippen molar-refractivity contribution in [1.82, 2.24) is 10.6 Å². The van der Waals surface area contributed by atoms with Gasteiger partial charge in [0.15, 0.2) is 15.8 Å². The normalized spacial score (nSPS) is 12.8. The fraction of sp³-hybridized carbons (Fsp3) is 0.500. The molecular formula is C14H20F3N3O3S. The quantitative estimate of drug-likeness (QED) is 0.566. The number of benzene rings is 1. The average Bonchev–Trinajstić information content (AvgIpc) is 2.50. The predicted molar refractivity (Wildman–Crippen MR) is 85.7 cm³/mol. The first-order chi connectivity index (χ1) is 11.2. The van der Waals surface area contributed by atoms with E-state index in [1.165, 1.54) is 25.2 Å². The lowest BCUT2D eigenvalue weighted by molar-refractivity contribution is -0.274. The van der Waals surface area contributed by atoms with E-state index in [1.54, 1.807) is 13.0 Å². The molecule has 0 amide bonds.